The molecule has 2 atom stereocenters. The molecule has 2 unspecified atom stereocenters. The number of carboxylic acid groups (broad SMARTS) is 1. The number of hydrogen-bond acceptors (Lipinski definition) is 5. The van der Waals surface area contributed by atoms with Crippen molar-refractivity contribution in [3.63, 3.8) is 0 Å². The van der Waals surface area contributed by atoms with E-state index in [1.165, 1.54) is 16.7 Å². The van der Waals surface area contributed by atoms with Crippen LogP contribution in [-0.4, -0.2) is 28.6 Å². The monoisotopic (exact) mass is 346 g/mol. The molecule has 24 heavy (non-hydrogen) atoms. The van der Waals surface area contributed by atoms with Crippen molar-refractivity contribution in [2.45, 2.75) is 25.5 Å². The number of carbonyl (C=O) groups is 2. The molecule has 126 valence electrons. The quantitative estimate of drug-likeness (QED) is 0.869. The summed E-state index contributed by atoms with van der Waals surface area (Å²) in [5.41, 5.74) is 1.01. The number of nitrogens with one attached hydrogen (secondary N) is 1. The first kappa shape index (κ1) is 16.6. The van der Waals surface area contributed by atoms with Crippen molar-refractivity contribution in [3.05, 3.63) is 52.0 Å². The zero-order chi connectivity index (χ0) is 16.9. The number of ether oxygens (including phenoxy) is 1. The van der Waals surface area contributed by atoms with Gasteiger partial charge in [-0.1, -0.05) is 30.3 Å². The van der Waals surface area contributed by atoms with Gasteiger partial charge in [0.2, 0.25) is 5.91 Å². The molecule has 7 heteroatoms. The summed E-state index contributed by atoms with van der Waals surface area (Å²) in [6, 6.07) is 9.74. The first-order valence-electron chi connectivity index (χ1n) is 7.77. The SMILES string of the molecule is O=C(O)c1csc(CNC(=O)C2CCCOC2c2ccccc2)n1. The Balaban J connectivity index is 1.64. The fourth-order valence-electron chi connectivity index (χ4n) is 2.81. The van der Waals surface area contributed by atoms with Crippen molar-refractivity contribution in [2.75, 3.05) is 6.61 Å². The van der Waals surface area contributed by atoms with Crippen molar-refractivity contribution in [1.82, 2.24) is 10.3 Å². The summed E-state index contributed by atoms with van der Waals surface area (Å²) in [7, 11) is 0. The highest BCUT2D eigenvalue weighted by atomic mass is 32.1. The standard InChI is InChI=1S/C17H18N2O4S/c20-16(18-9-14-19-13(10-24-14)17(21)22)12-7-4-8-23-15(12)11-5-2-1-3-6-11/h1-3,5-6,10,12,15H,4,7-9H2,(H,18,20)(H,21,22). The van der Waals surface area contributed by atoms with Crippen molar-refractivity contribution < 1.29 is 19.4 Å². The molecule has 1 saturated heterocycles. The second-order valence-electron chi connectivity index (χ2n) is 5.60. The van der Waals surface area contributed by atoms with Gasteiger partial charge < -0.3 is 15.2 Å². The molecule has 6 nitrogen and oxygen atoms in total. The average molecular weight is 346 g/mol. The van der Waals surface area contributed by atoms with Crippen molar-refractivity contribution in [2.24, 2.45) is 5.92 Å². The Labute approximate surface area is 143 Å². The summed E-state index contributed by atoms with van der Waals surface area (Å²) >= 11 is 1.23. The number of aromatic nitrogens is 1. The minimum absolute atomic E-state index is 0.00686. The Morgan fingerprint density at radius 2 is 2.12 bits per heavy atom. The van der Waals surface area contributed by atoms with Gasteiger partial charge in [-0.2, -0.15) is 0 Å². The highest BCUT2D eigenvalue weighted by Gasteiger charge is 2.32. The molecule has 0 spiro atoms. The third-order valence-electron chi connectivity index (χ3n) is 3.97. The minimum atomic E-state index is -1.06. The summed E-state index contributed by atoms with van der Waals surface area (Å²) in [5, 5.41) is 13.8. The van der Waals surface area contributed by atoms with E-state index in [1.807, 2.05) is 30.3 Å². The van der Waals surface area contributed by atoms with E-state index in [9.17, 15) is 9.59 Å². The van der Waals surface area contributed by atoms with Gasteiger partial charge in [0.05, 0.1) is 18.6 Å². The van der Waals surface area contributed by atoms with Gasteiger partial charge in [-0.25, -0.2) is 9.78 Å². The van der Waals surface area contributed by atoms with Crippen LogP contribution in [0.2, 0.25) is 0 Å². The van der Waals surface area contributed by atoms with Gasteiger partial charge in [0.1, 0.15) is 5.01 Å². The predicted molar refractivity (Wildman–Crippen MR) is 88.8 cm³/mol. The van der Waals surface area contributed by atoms with Gasteiger partial charge in [-0.3, -0.25) is 4.79 Å². The van der Waals surface area contributed by atoms with Gasteiger partial charge in [-0.05, 0) is 18.4 Å². The van der Waals surface area contributed by atoms with E-state index in [0.29, 0.717) is 11.6 Å². The highest BCUT2D eigenvalue weighted by molar-refractivity contribution is 7.09. The van der Waals surface area contributed by atoms with Gasteiger partial charge in [0, 0.05) is 12.0 Å². The lowest BCUT2D eigenvalue weighted by molar-refractivity contribution is -0.134. The second-order valence-corrected chi connectivity index (χ2v) is 6.54. The zero-order valence-corrected chi connectivity index (χ0v) is 13.8. The number of thiazole rings is 1. The molecule has 0 bridgehead atoms. The number of rotatable bonds is 5. The largest absolute Gasteiger partial charge is 0.476 e. The van der Waals surface area contributed by atoms with E-state index in [2.05, 4.69) is 10.3 Å². The van der Waals surface area contributed by atoms with E-state index in [0.717, 1.165) is 18.4 Å². The van der Waals surface area contributed by atoms with Crippen LogP contribution in [0.25, 0.3) is 0 Å². The number of hydrogen-bond donors (Lipinski definition) is 2. The van der Waals surface area contributed by atoms with Crippen LogP contribution in [0.1, 0.15) is 40.0 Å². The maximum atomic E-state index is 12.6. The van der Waals surface area contributed by atoms with Crippen molar-refractivity contribution in [1.29, 1.82) is 0 Å². The molecule has 1 aromatic heterocycles. The van der Waals surface area contributed by atoms with E-state index in [1.54, 1.807) is 0 Å². The van der Waals surface area contributed by atoms with Crippen LogP contribution >= 0.6 is 11.3 Å². The highest BCUT2D eigenvalue weighted by Crippen LogP contribution is 2.33. The summed E-state index contributed by atoms with van der Waals surface area (Å²) in [6.45, 7) is 0.882. The first-order valence-corrected chi connectivity index (χ1v) is 8.65. The van der Waals surface area contributed by atoms with Gasteiger partial charge in [0.25, 0.3) is 0 Å². The Bertz CT molecular complexity index is 716. The van der Waals surface area contributed by atoms with Crippen LogP contribution in [0.4, 0.5) is 0 Å². The van der Waals surface area contributed by atoms with Crippen LogP contribution < -0.4 is 5.32 Å². The number of nitrogens with zero attached hydrogens (tertiary/aromatic N) is 1. The van der Waals surface area contributed by atoms with Gasteiger partial charge >= 0.3 is 5.97 Å². The molecule has 1 aliphatic heterocycles. The molecule has 3 rings (SSSR count). The van der Waals surface area contributed by atoms with Crippen LogP contribution in [-0.2, 0) is 16.1 Å². The Kier molecular flexibility index (Phi) is 5.22. The summed E-state index contributed by atoms with van der Waals surface area (Å²) in [6.07, 6.45) is 1.37. The number of carbonyl (C=O) groups excluding carboxylic acids is 1. The molecule has 2 heterocycles. The van der Waals surface area contributed by atoms with E-state index >= 15 is 0 Å². The smallest absolute Gasteiger partial charge is 0.355 e. The Morgan fingerprint density at radius 3 is 2.83 bits per heavy atom. The molecule has 0 radical (unpaired) electrons. The van der Waals surface area contributed by atoms with Crippen molar-refractivity contribution in [3.8, 4) is 0 Å². The third-order valence-corrected chi connectivity index (χ3v) is 4.82. The molecule has 0 aliphatic carbocycles. The van der Waals surface area contributed by atoms with Gasteiger partial charge in [0.15, 0.2) is 5.69 Å². The molecule has 2 N–H and O–H groups in total. The fraction of sp³-hybridized carbons (Fsp3) is 0.353. The number of carboxylic acids is 1. The third kappa shape index (κ3) is 3.80. The number of benzene rings is 1. The predicted octanol–water partition coefficient (Wildman–Crippen LogP) is 2.63. The molecular weight excluding hydrogens is 328 g/mol. The van der Waals surface area contributed by atoms with Crippen molar-refractivity contribution >= 4 is 23.2 Å². The molecular formula is C17H18N2O4S. The van der Waals surface area contributed by atoms with Crippen LogP contribution in [0.5, 0.6) is 0 Å². The lowest BCUT2D eigenvalue weighted by Crippen LogP contribution is -2.37. The van der Waals surface area contributed by atoms with E-state index in [-0.39, 0.29) is 30.2 Å². The average Bonchev–Trinajstić information content (AvgIpc) is 3.10. The van der Waals surface area contributed by atoms with Crippen LogP contribution in [0.3, 0.4) is 0 Å². The molecule has 1 fully saturated rings. The Hall–Kier alpha value is -2.25. The number of amides is 1. The number of aromatic carboxylic acids is 1. The lowest BCUT2D eigenvalue weighted by Gasteiger charge is -2.31. The fourth-order valence-corrected chi connectivity index (χ4v) is 3.51. The maximum absolute atomic E-state index is 12.6. The summed E-state index contributed by atoms with van der Waals surface area (Å²) in [4.78, 5) is 27.4. The van der Waals surface area contributed by atoms with Crippen LogP contribution in [0.15, 0.2) is 35.7 Å². The van der Waals surface area contributed by atoms with Gasteiger partial charge in [-0.15, -0.1) is 11.3 Å². The molecule has 1 amide bonds. The Morgan fingerprint density at radius 1 is 1.33 bits per heavy atom. The molecule has 1 aromatic carbocycles. The maximum Gasteiger partial charge on any atom is 0.355 e. The summed E-state index contributed by atoms with van der Waals surface area (Å²) < 4.78 is 5.83. The summed E-state index contributed by atoms with van der Waals surface area (Å²) in [5.74, 6) is -1.40. The van der Waals surface area contributed by atoms with E-state index in [4.69, 9.17) is 9.84 Å². The topological polar surface area (TPSA) is 88.5 Å². The lowest BCUT2D eigenvalue weighted by atomic mass is 9.89. The second kappa shape index (κ2) is 7.55. The zero-order valence-electron chi connectivity index (χ0n) is 13.0. The molecule has 2 aromatic rings. The van der Waals surface area contributed by atoms with Crippen LogP contribution in [0, 0.1) is 5.92 Å². The molecule has 0 saturated carbocycles. The molecule has 1 aliphatic rings. The first-order chi connectivity index (χ1) is 11.6. The minimum Gasteiger partial charge on any atom is -0.476 e. The van der Waals surface area contributed by atoms with E-state index < -0.39 is 5.97 Å². The normalized spacial score (nSPS) is 20.5.